The highest BCUT2D eigenvalue weighted by atomic mass is 16.5. The SMILES string of the molecule is O=C(O)c1cccc2c1ccn2CCC1CCCO1. The number of carbonyl (C=O) groups is 1. The fraction of sp³-hybridized carbons (Fsp3) is 0.400. The maximum atomic E-state index is 11.2. The van der Waals surface area contributed by atoms with Crippen molar-refractivity contribution < 1.29 is 14.6 Å². The summed E-state index contributed by atoms with van der Waals surface area (Å²) < 4.78 is 7.73. The number of benzene rings is 1. The Balaban J connectivity index is 1.84. The number of aromatic nitrogens is 1. The third-order valence-electron chi connectivity index (χ3n) is 3.76. The fourth-order valence-corrected chi connectivity index (χ4v) is 2.76. The Labute approximate surface area is 111 Å². The van der Waals surface area contributed by atoms with E-state index in [4.69, 9.17) is 9.84 Å². The average Bonchev–Trinajstić information content (AvgIpc) is 3.05. The number of carboxylic acids is 1. The van der Waals surface area contributed by atoms with Crippen LogP contribution in [0.4, 0.5) is 0 Å². The van der Waals surface area contributed by atoms with Gasteiger partial charge in [0.25, 0.3) is 0 Å². The van der Waals surface area contributed by atoms with E-state index in [0.29, 0.717) is 11.7 Å². The Morgan fingerprint density at radius 3 is 3.05 bits per heavy atom. The fourth-order valence-electron chi connectivity index (χ4n) is 2.76. The molecule has 0 saturated carbocycles. The Hall–Kier alpha value is -1.81. The zero-order valence-electron chi connectivity index (χ0n) is 10.7. The highest BCUT2D eigenvalue weighted by molar-refractivity contribution is 6.02. The van der Waals surface area contributed by atoms with Crippen molar-refractivity contribution in [3.05, 3.63) is 36.0 Å². The van der Waals surface area contributed by atoms with Crippen LogP contribution in [0, 0.1) is 0 Å². The number of rotatable bonds is 4. The van der Waals surface area contributed by atoms with Gasteiger partial charge in [-0.25, -0.2) is 4.79 Å². The molecular weight excluding hydrogens is 242 g/mol. The number of carboxylic acid groups (broad SMARTS) is 1. The Kier molecular flexibility index (Phi) is 3.25. The molecule has 1 unspecified atom stereocenters. The first-order chi connectivity index (χ1) is 9.25. The first-order valence-electron chi connectivity index (χ1n) is 6.68. The minimum Gasteiger partial charge on any atom is -0.478 e. The van der Waals surface area contributed by atoms with Gasteiger partial charge in [0.1, 0.15) is 0 Å². The molecule has 0 radical (unpaired) electrons. The third-order valence-corrected chi connectivity index (χ3v) is 3.76. The van der Waals surface area contributed by atoms with Gasteiger partial charge >= 0.3 is 5.97 Å². The maximum absolute atomic E-state index is 11.2. The Bertz CT molecular complexity index is 596. The van der Waals surface area contributed by atoms with Crippen molar-refractivity contribution in [2.24, 2.45) is 0 Å². The molecule has 4 heteroatoms. The lowest BCUT2D eigenvalue weighted by Crippen LogP contribution is -2.09. The van der Waals surface area contributed by atoms with Crippen molar-refractivity contribution >= 4 is 16.9 Å². The van der Waals surface area contributed by atoms with Gasteiger partial charge in [0, 0.05) is 30.3 Å². The number of ether oxygens (including phenoxy) is 1. The van der Waals surface area contributed by atoms with Gasteiger partial charge in [-0.3, -0.25) is 0 Å². The van der Waals surface area contributed by atoms with Gasteiger partial charge in [-0.1, -0.05) is 6.07 Å². The van der Waals surface area contributed by atoms with E-state index in [1.807, 2.05) is 18.3 Å². The van der Waals surface area contributed by atoms with Gasteiger partial charge in [-0.2, -0.15) is 0 Å². The van der Waals surface area contributed by atoms with Gasteiger partial charge in [0.2, 0.25) is 0 Å². The van der Waals surface area contributed by atoms with Gasteiger partial charge in [-0.05, 0) is 37.5 Å². The molecule has 0 aliphatic carbocycles. The molecule has 1 fully saturated rings. The highest BCUT2D eigenvalue weighted by Gasteiger charge is 2.16. The van der Waals surface area contributed by atoms with E-state index in [9.17, 15) is 4.79 Å². The van der Waals surface area contributed by atoms with Crippen LogP contribution in [0.15, 0.2) is 30.5 Å². The van der Waals surface area contributed by atoms with Crippen LogP contribution >= 0.6 is 0 Å². The lowest BCUT2D eigenvalue weighted by atomic mass is 10.1. The summed E-state index contributed by atoms with van der Waals surface area (Å²) in [5.74, 6) is -0.873. The molecule has 19 heavy (non-hydrogen) atoms. The first-order valence-corrected chi connectivity index (χ1v) is 6.68. The van der Waals surface area contributed by atoms with Crippen molar-refractivity contribution in [1.82, 2.24) is 4.57 Å². The molecule has 1 aliphatic heterocycles. The van der Waals surface area contributed by atoms with Crippen molar-refractivity contribution in [3.8, 4) is 0 Å². The standard InChI is InChI=1S/C15H17NO3/c17-15(18)13-4-1-5-14-12(13)7-9-16(14)8-6-11-3-2-10-19-11/h1,4-5,7,9,11H,2-3,6,8,10H2,(H,17,18). The molecule has 1 aromatic carbocycles. The summed E-state index contributed by atoms with van der Waals surface area (Å²) in [6.45, 7) is 1.75. The predicted octanol–water partition coefficient (Wildman–Crippen LogP) is 2.91. The molecule has 1 aliphatic rings. The lowest BCUT2D eigenvalue weighted by Gasteiger charge is -2.11. The second-order valence-corrected chi connectivity index (χ2v) is 4.98. The van der Waals surface area contributed by atoms with Crippen LogP contribution in [-0.4, -0.2) is 28.4 Å². The predicted molar refractivity (Wildman–Crippen MR) is 72.5 cm³/mol. The molecule has 1 aromatic heterocycles. The smallest absolute Gasteiger partial charge is 0.336 e. The number of hydrogen-bond acceptors (Lipinski definition) is 2. The van der Waals surface area contributed by atoms with Gasteiger partial charge < -0.3 is 14.4 Å². The van der Waals surface area contributed by atoms with Crippen LogP contribution in [0.3, 0.4) is 0 Å². The van der Waals surface area contributed by atoms with Crippen molar-refractivity contribution in [2.75, 3.05) is 6.61 Å². The second kappa shape index (κ2) is 5.05. The van der Waals surface area contributed by atoms with E-state index in [1.165, 1.54) is 0 Å². The average molecular weight is 259 g/mol. The van der Waals surface area contributed by atoms with Crippen LogP contribution in [0.1, 0.15) is 29.6 Å². The summed E-state index contributed by atoms with van der Waals surface area (Å²) in [6, 6.07) is 7.30. The second-order valence-electron chi connectivity index (χ2n) is 4.98. The van der Waals surface area contributed by atoms with Crippen LogP contribution in [0.5, 0.6) is 0 Å². The van der Waals surface area contributed by atoms with E-state index in [-0.39, 0.29) is 0 Å². The summed E-state index contributed by atoms with van der Waals surface area (Å²) in [5.41, 5.74) is 1.35. The molecule has 2 aromatic rings. The minimum atomic E-state index is -0.873. The van der Waals surface area contributed by atoms with Gasteiger partial charge in [-0.15, -0.1) is 0 Å². The van der Waals surface area contributed by atoms with Crippen LogP contribution in [0.2, 0.25) is 0 Å². The maximum Gasteiger partial charge on any atom is 0.336 e. The zero-order chi connectivity index (χ0) is 13.2. The van der Waals surface area contributed by atoms with E-state index < -0.39 is 5.97 Å². The minimum absolute atomic E-state index is 0.361. The quantitative estimate of drug-likeness (QED) is 0.918. The molecule has 1 atom stereocenters. The molecule has 1 N–H and O–H groups in total. The number of fused-ring (bicyclic) bond motifs is 1. The molecule has 0 amide bonds. The molecule has 2 heterocycles. The van der Waals surface area contributed by atoms with Crippen LogP contribution < -0.4 is 0 Å². The molecule has 4 nitrogen and oxygen atoms in total. The third kappa shape index (κ3) is 2.36. The molecule has 3 rings (SSSR count). The molecule has 0 spiro atoms. The summed E-state index contributed by atoms with van der Waals surface area (Å²) in [5, 5.41) is 9.97. The number of nitrogens with zero attached hydrogens (tertiary/aromatic N) is 1. The number of hydrogen-bond donors (Lipinski definition) is 1. The first kappa shape index (κ1) is 12.2. The summed E-state index contributed by atoms with van der Waals surface area (Å²) in [7, 11) is 0. The summed E-state index contributed by atoms with van der Waals surface area (Å²) >= 11 is 0. The molecule has 100 valence electrons. The number of aryl methyl sites for hydroxylation is 1. The van der Waals surface area contributed by atoms with Crippen molar-refractivity contribution in [1.29, 1.82) is 0 Å². The highest BCUT2D eigenvalue weighted by Crippen LogP contribution is 2.22. The van der Waals surface area contributed by atoms with Gasteiger partial charge in [0.15, 0.2) is 0 Å². The summed E-state index contributed by atoms with van der Waals surface area (Å²) in [4.78, 5) is 11.2. The van der Waals surface area contributed by atoms with E-state index in [2.05, 4.69) is 4.57 Å². The van der Waals surface area contributed by atoms with Crippen LogP contribution in [-0.2, 0) is 11.3 Å². The summed E-state index contributed by atoms with van der Waals surface area (Å²) in [6.07, 6.45) is 5.60. The topological polar surface area (TPSA) is 51.5 Å². The molecule has 0 bridgehead atoms. The monoisotopic (exact) mass is 259 g/mol. The normalized spacial score (nSPS) is 19.1. The number of aromatic carboxylic acids is 1. The Morgan fingerprint density at radius 2 is 2.32 bits per heavy atom. The van der Waals surface area contributed by atoms with Crippen molar-refractivity contribution in [2.45, 2.75) is 31.9 Å². The zero-order valence-corrected chi connectivity index (χ0v) is 10.7. The molecular formula is C15H17NO3. The Morgan fingerprint density at radius 1 is 1.42 bits per heavy atom. The van der Waals surface area contributed by atoms with Crippen LogP contribution in [0.25, 0.3) is 10.9 Å². The van der Waals surface area contributed by atoms with Crippen molar-refractivity contribution in [3.63, 3.8) is 0 Å². The van der Waals surface area contributed by atoms with E-state index in [1.54, 1.807) is 12.1 Å². The van der Waals surface area contributed by atoms with E-state index in [0.717, 1.165) is 43.3 Å². The molecule has 1 saturated heterocycles. The lowest BCUT2D eigenvalue weighted by molar-refractivity contribution is 0.0699. The van der Waals surface area contributed by atoms with Gasteiger partial charge in [0.05, 0.1) is 11.7 Å². The van der Waals surface area contributed by atoms with E-state index >= 15 is 0 Å². The largest absolute Gasteiger partial charge is 0.478 e.